The van der Waals surface area contributed by atoms with E-state index in [1.807, 2.05) is 24.3 Å². The zero-order chi connectivity index (χ0) is 19.1. The van der Waals surface area contributed by atoms with Crippen LogP contribution in [0.5, 0.6) is 5.75 Å². The first kappa shape index (κ1) is 17.4. The first-order chi connectivity index (χ1) is 12.9. The number of halogens is 1. The number of carboxylic acid groups (broad SMARTS) is 1. The van der Waals surface area contributed by atoms with E-state index in [4.69, 9.17) is 16.3 Å². The zero-order valence-electron chi connectivity index (χ0n) is 14.5. The van der Waals surface area contributed by atoms with Gasteiger partial charge >= 0.3 is 5.97 Å². The number of hydrogen-bond donors (Lipinski definition) is 2. The number of rotatable bonds is 4. The number of aromatic nitrogens is 1. The number of nitrogens with one attached hydrogen (secondary N) is 1. The Morgan fingerprint density at radius 1 is 1.26 bits per heavy atom. The van der Waals surface area contributed by atoms with Gasteiger partial charge in [-0.15, -0.1) is 0 Å². The Bertz CT molecular complexity index is 1040. The van der Waals surface area contributed by atoms with Crippen molar-refractivity contribution in [2.75, 3.05) is 6.54 Å². The number of likely N-dealkylation sites (tertiary alicyclic amines) is 1. The second kappa shape index (κ2) is 6.63. The molecule has 4 rings (SSSR count). The fourth-order valence-electron chi connectivity index (χ4n) is 3.26. The van der Waals surface area contributed by atoms with E-state index in [0.717, 1.165) is 24.1 Å². The largest absolute Gasteiger partial charge is 0.478 e. The van der Waals surface area contributed by atoms with Crippen molar-refractivity contribution in [3.05, 3.63) is 53.2 Å². The van der Waals surface area contributed by atoms with E-state index in [2.05, 4.69) is 4.98 Å². The number of benzene rings is 2. The number of fused-ring (bicyclic) bond motifs is 1. The molecule has 3 aromatic rings. The average molecular weight is 385 g/mol. The molecule has 1 unspecified atom stereocenters. The molecular formula is C20H17ClN2O4. The van der Waals surface area contributed by atoms with Crippen LogP contribution < -0.4 is 4.74 Å². The van der Waals surface area contributed by atoms with E-state index in [9.17, 15) is 14.7 Å². The van der Waals surface area contributed by atoms with Crippen molar-refractivity contribution < 1.29 is 19.4 Å². The second-order valence-corrected chi connectivity index (χ2v) is 6.89. The van der Waals surface area contributed by atoms with Crippen molar-refractivity contribution in [3.8, 4) is 16.9 Å². The van der Waals surface area contributed by atoms with Crippen molar-refractivity contribution >= 4 is 34.4 Å². The van der Waals surface area contributed by atoms with Gasteiger partial charge in [-0.3, -0.25) is 4.79 Å². The van der Waals surface area contributed by atoms with Crippen LogP contribution in [0.2, 0.25) is 5.02 Å². The van der Waals surface area contributed by atoms with Crippen molar-refractivity contribution in [2.45, 2.75) is 19.6 Å². The van der Waals surface area contributed by atoms with Crippen LogP contribution in [0.4, 0.5) is 0 Å². The van der Waals surface area contributed by atoms with Gasteiger partial charge in [0.05, 0.1) is 10.6 Å². The summed E-state index contributed by atoms with van der Waals surface area (Å²) in [6.07, 6.45) is 2.06. The molecule has 27 heavy (non-hydrogen) atoms. The van der Waals surface area contributed by atoms with E-state index < -0.39 is 5.97 Å². The molecular weight excluding hydrogens is 368 g/mol. The zero-order valence-corrected chi connectivity index (χ0v) is 15.3. The molecule has 1 fully saturated rings. The Kier molecular flexibility index (Phi) is 4.28. The van der Waals surface area contributed by atoms with Crippen molar-refractivity contribution in [1.29, 1.82) is 0 Å². The molecule has 0 spiro atoms. The summed E-state index contributed by atoms with van der Waals surface area (Å²) < 4.78 is 5.84. The molecule has 0 bridgehead atoms. The quantitative estimate of drug-likeness (QED) is 0.708. The maximum atomic E-state index is 11.5. The molecule has 1 aromatic heterocycles. The normalized spacial score (nSPS) is 16.2. The van der Waals surface area contributed by atoms with E-state index in [-0.39, 0.29) is 17.7 Å². The minimum atomic E-state index is -0.992. The highest BCUT2D eigenvalue weighted by Gasteiger charge is 2.31. The molecule has 1 amide bonds. The van der Waals surface area contributed by atoms with Crippen LogP contribution in [-0.4, -0.2) is 39.6 Å². The Hall–Kier alpha value is -2.99. The summed E-state index contributed by atoms with van der Waals surface area (Å²) in [4.78, 5) is 27.4. The molecule has 1 aliphatic heterocycles. The van der Waals surface area contributed by atoms with E-state index in [1.54, 1.807) is 17.0 Å². The van der Waals surface area contributed by atoms with Crippen LogP contribution in [0.15, 0.2) is 42.6 Å². The highest BCUT2D eigenvalue weighted by molar-refractivity contribution is 6.34. The molecule has 2 aromatic carbocycles. The van der Waals surface area contributed by atoms with Gasteiger partial charge in [0.15, 0.2) is 6.23 Å². The Labute approximate surface area is 160 Å². The number of carboxylic acids is 1. The summed E-state index contributed by atoms with van der Waals surface area (Å²) in [5.41, 5.74) is 2.48. The third-order valence-electron chi connectivity index (χ3n) is 4.81. The number of amides is 1. The maximum absolute atomic E-state index is 11.5. The van der Waals surface area contributed by atoms with Gasteiger partial charge in [-0.2, -0.15) is 0 Å². The Morgan fingerprint density at radius 2 is 2.00 bits per heavy atom. The summed E-state index contributed by atoms with van der Waals surface area (Å²) in [6.45, 7) is 2.25. The lowest BCUT2D eigenvalue weighted by Gasteiger charge is -2.39. The van der Waals surface area contributed by atoms with Gasteiger partial charge in [0.2, 0.25) is 5.91 Å². The second-order valence-electron chi connectivity index (χ2n) is 6.48. The van der Waals surface area contributed by atoms with Crippen molar-refractivity contribution in [1.82, 2.24) is 9.88 Å². The van der Waals surface area contributed by atoms with Crippen molar-refractivity contribution in [2.24, 2.45) is 0 Å². The molecule has 6 nitrogen and oxygen atoms in total. The predicted molar refractivity (Wildman–Crippen MR) is 102 cm³/mol. The maximum Gasteiger partial charge on any atom is 0.337 e. The highest BCUT2D eigenvalue weighted by atomic mass is 35.5. The lowest BCUT2D eigenvalue weighted by Crippen LogP contribution is -2.53. The first-order valence-corrected chi connectivity index (χ1v) is 8.90. The van der Waals surface area contributed by atoms with Crippen LogP contribution in [0.1, 0.15) is 23.7 Å². The average Bonchev–Trinajstić information content (AvgIpc) is 3.01. The number of aromatic carboxylic acids is 1. The van der Waals surface area contributed by atoms with Gasteiger partial charge in [0.25, 0.3) is 0 Å². The fourth-order valence-corrected chi connectivity index (χ4v) is 3.53. The number of carbonyl (C=O) groups excluding carboxylic acids is 1. The van der Waals surface area contributed by atoms with Gasteiger partial charge in [-0.1, -0.05) is 23.7 Å². The number of nitrogens with zero attached hydrogens (tertiary/aromatic N) is 1. The number of ether oxygens (including phenoxy) is 1. The molecule has 0 aliphatic carbocycles. The van der Waals surface area contributed by atoms with Crippen LogP contribution in [-0.2, 0) is 4.79 Å². The third kappa shape index (κ3) is 3.13. The molecule has 1 saturated heterocycles. The molecule has 7 heteroatoms. The summed E-state index contributed by atoms with van der Waals surface area (Å²) >= 11 is 6.39. The summed E-state index contributed by atoms with van der Waals surface area (Å²) in [5.74, 6) is -0.322. The molecule has 0 saturated carbocycles. The molecule has 138 valence electrons. The van der Waals surface area contributed by atoms with Gasteiger partial charge in [-0.05, 0) is 29.8 Å². The van der Waals surface area contributed by atoms with Crippen LogP contribution in [0.25, 0.3) is 22.0 Å². The number of H-pyrrole nitrogens is 1. The molecule has 2 N–H and O–H groups in total. The first-order valence-electron chi connectivity index (χ1n) is 8.52. The standard InChI is InChI=1S/C20H17ClN2O4/c1-11(24)23-7-6-19(23)27-13-4-2-12(3-5-13)14-8-15-16(20(25)26)10-22-18(15)9-17(14)21/h2-5,8-10,19,22H,6-7H2,1H3,(H,25,26). The minimum Gasteiger partial charge on any atom is -0.478 e. The topological polar surface area (TPSA) is 82.6 Å². The third-order valence-corrected chi connectivity index (χ3v) is 5.12. The minimum absolute atomic E-state index is 0.00342. The number of hydrogen-bond acceptors (Lipinski definition) is 3. The number of carbonyl (C=O) groups is 2. The van der Waals surface area contributed by atoms with Gasteiger partial charge < -0.3 is 19.7 Å². The van der Waals surface area contributed by atoms with Crippen LogP contribution in [0, 0.1) is 0 Å². The van der Waals surface area contributed by atoms with Gasteiger partial charge in [0, 0.05) is 42.6 Å². The van der Waals surface area contributed by atoms with Crippen molar-refractivity contribution in [3.63, 3.8) is 0 Å². The highest BCUT2D eigenvalue weighted by Crippen LogP contribution is 2.34. The molecule has 0 radical (unpaired) electrons. The summed E-state index contributed by atoms with van der Waals surface area (Å²) in [7, 11) is 0. The number of aromatic amines is 1. The van der Waals surface area contributed by atoms with E-state index >= 15 is 0 Å². The SMILES string of the molecule is CC(=O)N1CCC1Oc1ccc(-c2cc3c(C(=O)O)c[nH]c3cc2Cl)cc1. The lowest BCUT2D eigenvalue weighted by atomic mass is 10.0. The molecule has 2 heterocycles. The van der Waals surface area contributed by atoms with Crippen LogP contribution in [0.3, 0.4) is 0 Å². The molecule has 1 aliphatic rings. The summed E-state index contributed by atoms with van der Waals surface area (Å²) in [6, 6.07) is 10.9. The fraction of sp³-hybridized carbons (Fsp3) is 0.200. The van der Waals surface area contributed by atoms with E-state index in [0.29, 0.717) is 21.7 Å². The summed E-state index contributed by atoms with van der Waals surface area (Å²) in [5, 5.41) is 10.4. The predicted octanol–water partition coefficient (Wildman–Crippen LogP) is 4.14. The smallest absolute Gasteiger partial charge is 0.337 e. The van der Waals surface area contributed by atoms with Gasteiger partial charge in [0.1, 0.15) is 5.75 Å². The Morgan fingerprint density at radius 3 is 2.59 bits per heavy atom. The Balaban J connectivity index is 1.62. The van der Waals surface area contributed by atoms with Crippen LogP contribution >= 0.6 is 11.6 Å². The van der Waals surface area contributed by atoms with Gasteiger partial charge in [-0.25, -0.2) is 4.79 Å². The lowest BCUT2D eigenvalue weighted by molar-refractivity contribution is -0.148. The monoisotopic (exact) mass is 384 g/mol. The molecule has 1 atom stereocenters. The van der Waals surface area contributed by atoms with E-state index in [1.165, 1.54) is 13.1 Å².